The zero-order chi connectivity index (χ0) is 16.2. The normalized spacial score (nSPS) is 32.7. The van der Waals surface area contributed by atoms with E-state index in [0.29, 0.717) is 6.04 Å². The molecule has 3 fully saturated rings. The molecule has 3 heterocycles. The van der Waals surface area contributed by atoms with E-state index in [4.69, 9.17) is 4.74 Å². The largest absolute Gasteiger partial charge is 0.391 e. The van der Waals surface area contributed by atoms with Crippen molar-refractivity contribution in [2.24, 2.45) is 0 Å². The van der Waals surface area contributed by atoms with Gasteiger partial charge in [0.25, 0.3) is 0 Å². The lowest BCUT2D eigenvalue weighted by atomic mass is 10.0. The summed E-state index contributed by atoms with van der Waals surface area (Å²) in [5.74, 6) is 0.164. The van der Waals surface area contributed by atoms with Crippen LogP contribution >= 0.6 is 0 Å². The molecule has 2 atom stereocenters. The molecule has 1 N–H and O–H groups in total. The zero-order valence-corrected chi connectivity index (χ0v) is 14.3. The number of carbonyl (C=O) groups excluding carboxylic acids is 1. The summed E-state index contributed by atoms with van der Waals surface area (Å²) in [7, 11) is 0. The van der Waals surface area contributed by atoms with Gasteiger partial charge in [-0.05, 0) is 25.7 Å². The van der Waals surface area contributed by atoms with Gasteiger partial charge >= 0.3 is 0 Å². The van der Waals surface area contributed by atoms with Crippen LogP contribution in [0.4, 0.5) is 0 Å². The topological polar surface area (TPSA) is 56.3 Å². The standard InChI is InChI=1S/C17H31N3O3/c1-14(21)18-8-10-20(11-9-18)16-2-6-19(7-3-17(16)22)15-4-12-23-13-5-15/h15-17,22H,2-13H2,1H3/t16-,17-/m0/s1. The molecule has 0 aromatic carbocycles. The van der Waals surface area contributed by atoms with Crippen LogP contribution in [-0.2, 0) is 9.53 Å². The van der Waals surface area contributed by atoms with Crippen molar-refractivity contribution in [2.45, 2.75) is 50.8 Å². The highest BCUT2D eigenvalue weighted by atomic mass is 16.5. The number of amides is 1. The maximum atomic E-state index is 11.5. The number of likely N-dealkylation sites (tertiary alicyclic amines) is 1. The molecule has 0 unspecified atom stereocenters. The highest BCUT2D eigenvalue weighted by molar-refractivity contribution is 5.73. The summed E-state index contributed by atoms with van der Waals surface area (Å²) in [6.45, 7) is 8.82. The molecule has 0 aliphatic carbocycles. The molecule has 3 aliphatic heterocycles. The lowest BCUT2D eigenvalue weighted by Gasteiger charge is -2.40. The molecule has 6 nitrogen and oxygen atoms in total. The summed E-state index contributed by atoms with van der Waals surface area (Å²) in [5.41, 5.74) is 0. The van der Waals surface area contributed by atoms with Gasteiger partial charge in [0.05, 0.1) is 6.10 Å². The Balaban J connectivity index is 1.53. The van der Waals surface area contributed by atoms with Crippen LogP contribution in [0.3, 0.4) is 0 Å². The van der Waals surface area contributed by atoms with E-state index in [2.05, 4.69) is 9.80 Å². The monoisotopic (exact) mass is 325 g/mol. The Morgan fingerprint density at radius 3 is 2.22 bits per heavy atom. The average Bonchev–Trinajstić information content (AvgIpc) is 2.78. The van der Waals surface area contributed by atoms with Crippen molar-refractivity contribution in [3.8, 4) is 0 Å². The molecule has 3 rings (SSSR count). The number of hydrogen-bond acceptors (Lipinski definition) is 5. The second-order valence-corrected chi connectivity index (χ2v) is 7.13. The van der Waals surface area contributed by atoms with Gasteiger partial charge in [-0.3, -0.25) is 9.69 Å². The number of hydrogen-bond donors (Lipinski definition) is 1. The van der Waals surface area contributed by atoms with Crippen LogP contribution in [0.2, 0.25) is 0 Å². The van der Waals surface area contributed by atoms with Crippen molar-refractivity contribution in [1.82, 2.24) is 14.7 Å². The third-order valence-corrected chi connectivity index (χ3v) is 5.80. The predicted molar refractivity (Wildman–Crippen MR) is 88.3 cm³/mol. The van der Waals surface area contributed by atoms with Gasteiger partial charge in [0.2, 0.25) is 5.91 Å². The first kappa shape index (κ1) is 17.1. The summed E-state index contributed by atoms with van der Waals surface area (Å²) in [5, 5.41) is 10.6. The van der Waals surface area contributed by atoms with Crippen molar-refractivity contribution in [1.29, 1.82) is 0 Å². The molecule has 0 saturated carbocycles. The van der Waals surface area contributed by atoms with E-state index in [1.807, 2.05) is 4.90 Å². The van der Waals surface area contributed by atoms with E-state index in [1.54, 1.807) is 6.92 Å². The molecule has 1 amide bonds. The quantitative estimate of drug-likeness (QED) is 0.783. The Bertz CT molecular complexity index is 393. The average molecular weight is 325 g/mol. The van der Waals surface area contributed by atoms with Crippen LogP contribution in [0.25, 0.3) is 0 Å². The Morgan fingerprint density at radius 1 is 0.913 bits per heavy atom. The number of nitrogens with zero attached hydrogens (tertiary/aromatic N) is 3. The first-order chi connectivity index (χ1) is 11.1. The Kier molecular flexibility index (Phi) is 5.91. The molecule has 3 saturated heterocycles. The molecule has 0 aromatic rings. The maximum absolute atomic E-state index is 11.5. The Hall–Kier alpha value is -0.690. The van der Waals surface area contributed by atoms with Crippen molar-refractivity contribution in [3.05, 3.63) is 0 Å². The van der Waals surface area contributed by atoms with E-state index in [0.717, 1.165) is 78.2 Å². The fourth-order valence-electron chi connectivity index (χ4n) is 4.30. The van der Waals surface area contributed by atoms with Crippen molar-refractivity contribution < 1.29 is 14.6 Å². The molecule has 132 valence electrons. The molecule has 6 heteroatoms. The molecular weight excluding hydrogens is 294 g/mol. The van der Waals surface area contributed by atoms with Gasteiger partial charge in [0.1, 0.15) is 0 Å². The summed E-state index contributed by atoms with van der Waals surface area (Å²) in [4.78, 5) is 18.3. The summed E-state index contributed by atoms with van der Waals surface area (Å²) in [6, 6.07) is 0.873. The van der Waals surface area contributed by atoms with Crippen LogP contribution in [-0.4, -0.2) is 96.4 Å². The lowest BCUT2D eigenvalue weighted by Crippen LogP contribution is -2.54. The van der Waals surface area contributed by atoms with E-state index in [1.165, 1.54) is 0 Å². The van der Waals surface area contributed by atoms with E-state index in [9.17, 15) is 9.90 Å². The Morgan fingerprint density at radius 2 is 1.57 bits per heavy atom. The van der Waals surface area contributed by atoms with Gasteiger partial charge < -0.3 is 19.6 Å². The summed E-state index contributed by atoms with van der Waals surface area (Å²) in [6.07, 6.45) is 3.88. The lowest BCUT2D eigenvalue weighted by molar-refractivity contribution is -0.131. The third-order valence-electron chi connectivity index (χ3n) is 5.80. The number of rotatable bonds is 2. The fraction of sp³-hybridized carbons (Fsp3) is 0.941. The third kappa shape index (κ3) is 4.24. The second-order valence-electron chi connectivity index (χ2n) is 7.13. The van der Waals surface area contributed by atoms with Gasteiger partial charge in [-0.2, -0.15) is 0 Å². The second kappa shape index (κ2) is 7.92. The minimum absolute atomic E-state index is 0.164. The van der Waals surface area contributed by atoms with Crippen molar-refractivity contribution in [3.63, 3.8) is 0 Å². The van der Waals surface area contributed by atoms with E-state index < -0.39 is 0 Å². The van der Waals surface area contributed by atoms with Gasteiger partial charge in [0.15, 0.2) is 0 Å². The number of aliphatic hydroxyl groups is 1. The van der Waals surface area contributed by atoms with Crippen LogP contribution in [0.5, 0.6) is 0 Å². The minimum Gasteiger partial charge on any atom is -0.391 e. The fourth-order valence-corrected chi connectivity index (χ4v) is 4.30. The Labute approximate surface area is 139 Å². The number of piperazine rings is 1. The smallest absolute Gasteiger partial charge is 0.219 e. The first-order valence-electron chi connectivity index (χ1n) is 9.14. The van der Waals surface area contributed by atoms with Crippen LogP contribution in [0.1, 0.15) is 32.6 Å². The maximum Gasteiger partial charge on any atom is 0.219 e. The molecule has 3 aliphatic rings. The van der Waals surface area contributed by atoms with E-state index >= 15 is 0 Å². The number of ether oxygens (including phenoxy) is 1. The first-order valence-corrected chi connectivity index (χ1v) is 9.14. The van der Waals surface area contributed by atoms with Crippen LogP contribution in [0.15, 0.2) is 0 Å². The number of aliphatic hydroxyl groups excluding tert-OH is 1. The minimum atomic E-state index is -0.247. The molecular formula is C17H31N3O3. The molecule has 0 bridgehead atoms. The van der Waals surface area contributed by atoms with Gasteiger partial charge in [-0.15, -0.1) is 0 Å². The molecule has 0 radical (unpaired) electrons. The van der Waals surface area contributed by atoms with Gasteiger partial charge in [-0.25, -0.2) is 0 Å². The van der Waals surface area contributed by atoms with Crippen molar-refractivity contribution >= 4 is 5.91 Å². The predicted octanol–water partition coefficient (Wildman–Crippen LogP) is 0.155. The highest BCUT2D eigenvalue weighted by Gasteiger charge is 2.33. The van der Waals surface area contributed by atoms with Crippen LogP contribution in [0, 0.1) is 0 Å². The molecule has 0 aromatic heterocycles. The summed E-state index contributed by atoms with van der Waals surface area (Å²) >= 11 is 0. The highest BCUT2D eigenvalue weighted by Crippen LogP contribution is 2.23. The van der Waals surface area contributed by atoms with Crippen LogP contribution < -0.4 is 0 Å². The SMILES string of the molecule is CC(=O)N1CCN([C@H]2CCN(C3CCOCC3)CC[C@@H]2O)CC1. The van der Waals surface area contributed by atoms with Gasteiger partial charge in [-0.1, -0.05) is 0 Å². The molecule has 23 heavy (non-hydrogen) atoms. The summed E-state index contributed by atoms with van der Waals surface area (Å²) < 4.78 is 5.47. The van der Waals surface area contributed by atoms with Crippen molar-refractivity contribution in [2.75, 3.05) is 52.5 Å². The van der Waals surface area contributed by atoms with Gasteiger partial charge in [0, 0.05) is 71.5 Å². The zero-order valence-electron chi connectivity index (χ0n) is 14.3. The number of carbonyl (C=O) groups is 1. The van der Waals surface area contributed by atoms with E-state index in [-0.39, 0.29) is 18.1 Å². The molecule has 0 spiro atoms.